The molecular formula is C12H15N3S. The van der Waals surface area contributed by atoms with Crippen LogP contribution in [0.25, 0.3) is 0 Å². The number of rotatable bonds is 4. The summed E-state index contributed by atoms with van der Waals surface area (Å²) in [5, 5.41) is 7.53. The molecule has 1 heterocycles. The second kappa shape index (κ2) is 5.07. The predicted molar refractivity (Wildman–Crippen MR) is 67.8 cm³/mol. The summed E-state index contributed by atoms with van der Waals surface area (Å²) in [5.41, 5.74) is 2.24. The van der Waals surface area contributed by atoms with E-state index in [4.69, 9.17) is 0 Å². The van der Waals surface area contributed by atoms with E-state index in [9.17, 15) is 0 Å². The van der Waals surface area contributed by atoms with Crippen LogP contribution >= 0.6 is 11.5 Å². The number of nitrogens with zero attached hydrogens (tertiary/aromatic N) is 2. The van der Waals surface area contributed by atoms with E-state index in [0.29, 0.717) is 5.92 Å². The Morgan fingerprint density at radius 2 is 2.00 bits per heavy atom. The van der Waals surface area contributed by atoms with Gasteiger partial charge in [0.2, 0.25) is 0 Å². The maximum atomic E-state index is 4.16. The molecule has 1 aromatic carbocycles. The summed E-state index contributed by atoms with van der Waals surface area (Å²) >= 11 is 1.47. The molecule has 0 atom stereocenters. The van der Waals surface area contributed by atoms with Gasteiger partial charge in [-0.1, -0.05) is 36.5 Å². The zero-order valence-electron chi connectivity index (χ0n) is 9.47. The van der Waals surface area contributed by atoms with E-state index in [1.165, 1.54) is 16.4 Å². The first-order chi connectivity index (χ1) is 7.77. The highest BCUT2D eigenvalue weighted by Gasteiger charge is 2.10. The van der Waals surface area contributed by atoms with Crippen molar-refractivity contribution in [1.29, 1.82) is 0 Å². The van der Waals surface area contributed by atoms with E-state index in [0.717, 1.165) is 17.9 Å². The third-order valence-corrected chi connectivity index (χ3v) is 3.10. The molecule has 16 heavy (non-hydrogen) atoms. The minimum Gasteiger partial charge on any atom is -0.380 e. The zero-order valence-corrected chi connectivity index (χ0v) is 10.3. The molecule has 2 rings (SSSR count). The Labute approximate surface area is 99.7 Å². The lowest BCUT2D eigenvalue weighted by Crippen LogP contribution is -2.01. The van der Waals surface area contributed by atoms with E-state index in [-0.39, 0.29) is 0 Å². The molecule has 0 aliphatic heterocycles. The molecule has 0 aliphatic rings. The second-order valence-electron chi connectivity index (χ2n) is 3.96. The molecule has 2 aromatic rings. The van der Waals surface area contributed by atoms with Gasteiger partial charge < -0.3 is 5.32 Å². The largest absolute Gasteiger partial charge is 0.380 e. The van der Waals surface area contributed by atoms with Gasteiger partial charge in [-0.05, 0) is 29.6 Å². The highest BCUT2D eigenvalue weighted by atomic mass is 32.1. The zero-order chi connectivity index (χ0) is 11.4. The lowest BCUT2D eigenvalue weighted by molar-refractivity contribution is 0.798. The lowest BCUT2D eigenvalue weighted by atomic mass is 10.1. The monoisotopic (exact) mass is 233 g/mol. The third-order valence-electron chi connectivity index (χ3n) is 2.36. The van der Waals surface area contributed by atoms with E-state index in [1.54, 1.807) is 0 Å². The van der Waals surface area contributed by atoms with Crippen molar-refractivity contribution in [1.82, 2.24) is 9.59 Å². The number of benzene rings is 1. The van der Waals surface area contributed by atoms with Crippen molar-refractivity contribution in [2.45, 2.75) is 26.3 Å². The summed E-state index contributed by atoms with van der Waals surface area (Å²) < 4.78 is 4.01. The van der Waals surface area contributed by atoms with Crippen molar-refractivity contribution in [3.05, 3.63) is 40.9 Å². The summed E-state index contributed by atoms with van der Waals surface area (Å²) in [7, 11) is 0. The van der Waals surface area contributed by atoms with Crippen LogP contribution in [-0.2, 0) is 6.54 Å². The van der Waals surface area contributed by atoms with Crippen LogP contribution in [-0.4, -0.2) is 9.59 Å². The standard InChI is InChI=1S/C12H15N3S/c1-9(2)12-11(16-15-14-12)8-13-10-6-4-3-5-7-10/h3-7,9,13H,8H2,1-2H3. The maximum Gasteiger partial charge on any atom is 0.0831 e. The summed E-state index contributed by atoms with van der Waals surface area (Å²) in [6.45, 7) is 5.08. The topological polar surface area (TPSA) is 37.8 Å². The Kier molecular flexibility index (Phi) is 3.51. The molecule has 0 amide bonds. The van der Waals surface area contributed by atoms with Gasteiger partial charge >= 0.3 is 0 Å². The Balaban J connectivity index is 2.02. The van der Waals surface area contributed by atoms with Crippen molar-refractivity contribution in [2.75, 3.05) is 5.32 Å². The highest BCUT2D eigenvalue weighted by molar-refractivity contribution is 7.05. The molecular weight excluding hydrogens is 218 g/mol. The molecule has 4 heteroatoms. The fourth-order valence-corrected chi connectivity index (χ4v) is 2.25. The van der Waals surface area contributed by atoms with Gasteiger partial charge in [-0.2, -0.15) is 0 Å². The van der Waals surface area contributed by atoms with E-state index in [1.807, 2.05) is 18.2 Å². The first-order valence-corrected chi connectivity index (χ1v) is 6.14. The summed E-state index contributed by atoms with van der Waals surface area (Å²) in [6, 6.07) is 10.2. The smallest absolute Gasteiger partial charge is 0.0831 e. The second-order valence-corrected chi connectivity index (χ2v) is 4.79. The Hall–Kier alpha value is -1.42. The van der Waals surface area contributed by atoms with Crippen LogP contribution in [0.5, 0.6) is 0 Å². The molecule has 0 bridgehead atoms. The number of hydrogen-bond donors (Lipinski definition) is 1. The minimum atomic E-state index is 0.436. The van der Waals surface area contributed by atoms with E-state index in [2.05, 4.69) is 40.9 Å². The first kappa shape index (κ1) is 11.1. The van der Waals surface area contributed by atoms with Crippen molar-refractivity contribution in [2.24, 2.45) is 0 Å². The van der Waals surface area contributed by atoms with Crippen LogP contribution in [0.2, 0.25) is 0 Å². The molecule has 0 saturated heterocycles. The lowest BCUT2D eigenvalue weighted by Gasteiger charge is -2.06. The molecule has 1 aromatic heterocycles. The van der Waals surface area contributed by atoms with Crippen molar-refractivity contribution < 1.29 is 0 Å². The fraction of sp³-hybridized carbons (Fsp3) is 0.333. The number of para-hydroxylation sites is 1. The molecule has 1 N–H and O–H groups in total. The van der Waals surface area contributed by atoms with Gasteiger partial charge in [0.25, 0.3) is 0 Å². The average Bonchev–Trinajstić information content (AvgIpc) is 2.76. The molecule has 0 spiro atoms. The Morgan fingerprint density at radius 1 is 1.25 bits per heavy atom. The minimum absolute atomic E-state index is 0.436. The summed E-state index contributed by atoms with van der Waals surface area (Å²) in [5.74, 6) is 0.436. The molecule has 3 nitrogen and oxygen atoms in total. The molecule has 0 saturated carbocycles. The van der Waals surface area contributed by atoms with Gasteiger partial charge in [0.1, 0.15) is 0 Å². The number of anilines is 1. The van der Waals surface area contributed by atoms with Crippen LogP contribution in [0.15, 0.2) is 30.3 Å². The first-order valence-electron chi connectivity index (χ1n) is 5.37. The van der Waals surface area contributed by atoms with Crippen LogP contribution in [0.1, 0.15) is 30.3 Å². The molecule has 0 fully saturated rings. The van der Waals surface area contributed by atoms with Gasteiger partial charge in [-0.3, -0.25) is 0 Å². The van der Waals surface area contributed by atoms with Gasteiger partial charge in [0.15, 0.2) is 0 Å². The van der Waals surface area contributed by atoms with Crippen LogP contribution in [0, 0.1) is 0 Å². The number of hydrogen-bond acceptors (Lipinski definition) is 4. The van der Waals surface area contributed by atoms with Crippen molar-refractivity contribution in [3.63, 3.8) is 0 Å². The van der Waals surface area contributed by atoms with E-state index >= 15 is 0 Å². The molecule has 0 unspecified atom stereocenters. The Morgan fingerprint density at radius 3 is 2.69 bits per heavy atom. The molecule has 84 valence electrons. The fourth-order valence-electron chi connectivity index (χ4n) is 1.51. The maximum absolute atomic E-state index is 4.16. The quantitative estimate of drug-likeness (QED) is 0.880. The third kappa shape index (κ3) is 2.58. The van der Waals surface area contributed by atoms with Crippen molar-refractivity contribution in [3.8, 4) is 0 Å². The van der Waals surface area contributed by atoms with E-state index < -0.39 is 0 Å². The number of aromatic nitrogens is 2. The van der Waals surface area contributed by atoms with Gasteiger partial charge in [-0.25, -0.2) is 0 Å². The van der Waals surface area contributed by atoms with Gasteiger partial charge in [0.05, 0.1) is 17.1 Å². The van der Waals surface area contributed by atoms with Crippen LogP contribution in [0.4, 0.5) is 5.69 Å². The van der Waals surface area contributed by atoms with Crippen molar-refractivity contribution >= 4 is 17.2 Å². The van der Waals surface area contributed by atoms with Gasteiger partial charge in [0, 0.05) is 5.69 Å². The predicted octanol–water partition coefficient (Wildman–Crippen LogP) is 3.27. The molecule has 0 radical (unpaired) electrons. The normalized spacial score (nSPS) is 10.7. The summed E-state index contributed by atoms with van der Waals surface area (Å²) in [6.07, 6.45) is 0. The average molecular weight is 233 g/mol. The highest BCUT2D eigenvalue weighted by Crippen LogP contribution is 2.20. The summed E-state index contributed by atoms with van der Waals surface area (Å²) in [4.78, 5) is 1.22. The van der Waals surface area contributed by atoms with Crippen LogP contribution < -0.4 is 5.32 Å². The Bertz CT molecular complexity index is 437. The van der Waals surface area contributed by atoms with Gasteiger partial charge in [-0.15, -0.1) is 5.10 Å². The molecule has 0 aliphatic carbocycles. The SMILES string of the molecule is CC(C)c1nnsc1CNc1ccccc1. The number of nitrogens with one attached hydrogen (secondary N) is 1. The van der Waals surface area contributed by atoms with Crippen LogP contribution in [0.3, 0.4) is 0 Å².